The van der Waals surface area contributed by atoms with Gasteiger partial charge in [0.1, 0.15) is 24.0 Å². The number of rotatable bonds is 6. The summed E-state index contributed by atoms with van der Waals surface area (Å²) < 4.78 is 6.12. The smallest absolute Gasteiger partial charge is 0.266 e. The highest BCUT2D eigenvalue weighted by atomic mass is 35.5. The van der Waals surface area contributed by atoms with E-state index in [1.807, 2.05) is 62.4 Å². The highest BCUT2D eigenvalue weighted by molar-refractivity contribution is 6.30. The number of fused-ring (bicyclic) bond motifs is 1. The molecule has 1 amide bonds. The van der Waals surface area contributed by atoms with Gasteiger partial charge in [-0.25, -0.2) is 0 Å². The number of ether oxygens (including phenoxy) is 1. The van der Waals surface area contributed by atoms with Crippen molar-refractivity contribution < 1.29 is 9.53 Å². The Morgan fingerprint density at radius 1 is 1.03 bits per heavy atom. The van der Waals surface area contributed by atoms with Gasteiger partial charge in [-0.05, 0) is 71.7 Å². The van der Waals surface area contributed by atoms with Crippen LogP contribution in [0.25, 0.3) is 16.8 Å². The van der Waals surface area contributed by atoms with Gasteiger partial charge >= 0.3 is 0 Å². The van der Waals surface area contributed by atoms with Gasteiger partial charge in [-0.2, -0.15) is 5.26 Å². The molecule has 168 valence electrons. The molecule has 0 aromatic heterocycles. The van der Waals surface area contributed by atoms with Gasteiger partial charge in [0, 0.05) is 16.3 Å². The molecule has 0 unspecified atom stereocenters. The summed E-state index contributed by atoms with van der Waals surface area (Å²) in [5.74, 6) is 0.0424. The molecule has 0 heterocycles. The van der Waals surface area contributed by atoms with Crippen molar-refractivity contribution in [3.8, 4) is 11.8 Å². The number of carbonyl (C=O) groups excluding carboxylic acids is 1. The lowest BCUT2D eigenvalue weighted by Crippen LogP contribution is -2.14. The summed E-state index contributed by atoms with van der Waals surface area (Å²) >= 11 is 6.22. The van der Waals surface area contributed by atoms with Crippen molar-refractivity contribution in [2.24, 2.45) is 0 Å². The van der Waals surface area contributed by atoms with Gasteiger partial charge in [-0.1, -0.05) is 66.2 Å². The number of halogens is 1. The summed E-state index contributed by atoms with van der Waals surface area (Å²) in [6.45, 7) is 4.23. The zero-order valence-electron chi connectivity index (χ0n) is 18.9. The van der Waals surface area contributed by atoms with Crippen LogP contribution in [0.15, 0.2) is 84.4 Å². The highest BCUT2D eigenvalue weighted by Crippen LogP contribution is 2.28. The minimum atomic E-state index is -0.490. The van der Waals surface area contributed by atoms with Gasteiger partial charge in [-0.15, -0.1) is 0 Å². The number of carbonyl (C=O) groups is 1. The maximum atomic E-state index is 12.9. The number of hydrogen-bond donors (Lipinski definition) is 1. The third-order valence-electron chi connectivity index (χ3n) is 5.75. The van der Waals surface area contributed by atoms with Crippen molar-refractivity contribution in [2.75, 3.05) is 5.32 Å². The molecule has 1 N–H and O–H groups in total. The number of anilines is 1. The molecule has 0 spiro atoms. The summed E-state index contributed by atoms with van der Waals surface area (Å²) in [5.41, 5.74) is 4.23. The van der Waals surface area contributed by atoms with Crippen molar-refractivity contribution in [3.05, 3.63) is 112 Å². The molecule has 4 nitrogen and oxygen atoms in total. The van der Waals surface area contributed by atoms with Crippen LogP contribution in [0, 0.1) is 25.2 Å². The van der Waals surface area contributed by atoms with Crippen molar-refractivity contribution in [3.63, 3.8) is 0 Å². The molecule has 5 heteroatoms. The summed E-state index contributed by atoms with van der Waals surface area (Å²) in [6.07, 6.45) is 1.50. The first-order chi connectivity index (χ1) is 16.5. The molecule has 0 aliphatic carbocycles. The Hall–Kier alpha value is -4.07. The maximum Gasteiger partial charge on any atom is 0.266 e. The largest absolute Gasteiger partial charge is 0.488 e. The number of aryl methyl sites for hydroxylation is 1. The summed E-state index contributed by atoms with van der Waals surface area (Å²) in [7, 11) is 0. The molecule has 4 aromatic carbocycles. The quantitative estimate of drug-likeness (QED) is 0.241. The Bertz CT molecular complexity index is 1450. The molecule has 0 aliphatic rings. The van der Waals surface area contributed by atoms with Crippen LogP contribution in [0.4, 0.5) is 5.69 Å². The van der Waals surface area contributed by atoms with Gasteiger partial charge in [0.15, 0.2) is 0 Å². The first-order valence-corrected chi connectivity index (χ1v) is 11.2. The zero-order chi connectivity index (χ0) is 24.1. The van der Waals surface area contributed by atoms with Gasteiger partial charge in [0.2, 0.25) is 0 Å². The van der Waals surface area contributed by atoms with E-state index in [1.54, 1.807) is 18.2 Å². The monoisotopic (exact) mass is 466 g/mol. The predicted octanol–water partition coefficient (Wildman–Crippen LogP) is 7.23. The molecule has 0 radical (unpaired) electrons. The number of nitrogens with zero attached hydrogens (tertiary/aromatic N) is 1. The second-order valence-electron chi connectivity index (χ2n) is 7.98. The molecule has 34 heavy (non-hydrogen) atoms. The highest BCUT2D eigenvalue weighted by Gasteiger charge is 2.14. The average Bonchev–Trinajstić information content (AvgIpc) is 2.84. The Balaban J connectivity index is 1.61. The lowest BCUT2D eigenvalue weighted by molar-refractivity contribution is -0.112. The predicted molar refractivity (Wildman–Crippen MR) is 138 cm³/mol. The van der Waals surface area contributed by atoms with E-state index >= 15 is 0 Å². The molecular formula is C29H23ClN2O2. The fourth-order valence-electron chi connectivity index (χ4n) is 3.72. The first kappa shape index (κ1) is 23.1. The van der Waals surface area contributed by atoms with Crippen LogP contribution >= 0.6 is 11.6 Å². The van der Waals surface area contributed by atoms with Crippen LogP contribution in [0.1, 0.15) is 22.3 Å². The lowest BCUT2D eigenvalue weighted by atomic mass is 10.1. The van der Waals surface area contributed by atoms with Crippen LogP contribution in [0.3, 0.4) is 0 Å². The van der Waals surface area contributed by atoms with E-state index in [-0.39, 0.29) is 5.57 Å². The van der Waals surface area contributed by atoms with E-state index in [2.05, 4.69) is 23.5 Å². The van der Waals surface area contributed by atoms with Crippen LogP contribution in [-0.4, -0.2) is 5.91 Å². The standard InChI is InChI=1S/C29H23ClN2O2/c1-19-7-5-12-27(20(19)2)32-29(33)24(17-31)15-23-16-25(30)13-14-28(23)34-18-22-10-6-9-21-8-3-4-11-26(21)22/h3-16H,18H2,1-2H3,(H,32,33)/b24-15+. The van der Waals surface area contributed by atoms with Crippen LogP contribution in [-0.2, 0) is 11.4 Å². The third kappa shape index (κ3) is 5.11. The van der Waals surface area contributed by atoms with Gasteiger partial charge < -0.3 is 10.1 Å². The van der Waals surface area contributed by atoms with Crippen molar-refractivity contribution in [2.45, 2.75) is 20.5 Å². The molecule has 4 aromatic rings. The Labute approximate surface area is 204 Å². The van der Waals surface area contributed by atoms with E-state index in [1.165, 1.54) is 6.08 Å². The van der Waals surface area contributed by atoms with Crippen LogP contribution in [0.2, 0.25) is 5.02 Å². The minimum Gasteiger partial charge on any atom is -0.488 e. The lowest BCUT2D eigenvalue weighted by Gasteiger charge is -2.13. The Morgan fingerprint density at radius 3 is 2.62 bits per heavy atom. The topological polar surface area (TPSA) is 62.1 Å². The maximum absolute atomic E-state index is 12.9. The molecule has 0 atom stereocenters. The normalized spacial score (nSPS) is 11.2. The molecular weight excluding hydrogens is 444 g/mol. The molecule has 0 aliphatic heterocycles. The van der Waals surface area contributed by atoms with Crippen molar-refractivity contribution in [1.82, 2.24) is 0 Å². The SMILES string of the molecule is Cc1cccc(NC(=O)/C(C#N)=C/c2cc(Cl)ccc2OCc2cccc3ccccc23)c1C. The average molecular weight is 467 g/mol. The number of benzene rings is 4. The van der Waals surface area contributed by atoms with Crippen LogP contribution < -0.4 is 10.1 Å². The van der Waals surface area contributed by atoms with E-state index in [4.69, 9.17) is 16.3 Å². The summed E-state index contributed by atoms with van der Waals surface area (Å²) in [5, 5.41) is 15.3. The van der Waals surface area contributed by atoms with Crippen molar-refractivity contribution in [1.29, 1.82) is 5.26 Å². The van der Waals surface area contributed by atoms with E-state index in [0.717, 1.165) is 27.5 Å². The minimum absolute atomic E-state index is 0.0433. The van der Waals surface area contributed by atoms with Gasteiger partial charge in [0.25, 0.3) is 5.91 Å². The molecule has 0 saturated heterocycles. The molecule has 0 saturated carbocycles. The van der Waals surface area contributed by atoms with E-state index in [0.29, 0.717) is 28.6 Å². The Kier molecular flexibility index (Phi) is 6.96. The molecule has 0 bridgehead atoms. The number of amides is 1. The van der Waals surface area contributed by atoms with E-state index in [9.17, 15) is 10.1 Å². The summed E-state index contributed by atoms with van der Waals surface area (Å²) in [6, 6.07) is 27.0. The summed E-state index contributed by atoms with van der Waals surface area (Å²) in [4.78, 5) is 12.9. The third-order valence-corrected chi connectivity index (χ3v) is 5.99. The molecule has 4 rings (SSSR count). The number of nitriles is 1. The molecule has 0 fully saturated rings. The zero-order valence-corrected chi connectivity index (χ0v) is 19.7. The number of nitrogens with one attached hydrogen (secondary N) is 1. The van der Waals surface area contributed by atoms with Crippen molar-refractivity contribution >= 4 is 40.0 Å². The fraction of sp³-hybridized carbons (Fsp3) is 0.103. The Morgan fingerprint density at radius 2 is 1.79 bits per heavy atom. The second kappa shape index (κ2) is 10.2. The van der Waals surface area contributed by atoms with Gasteiger partial charge in [-0.3, -0.25) is 4.79 Å². The number of hydrogen-bond acceptors (Lipinski definition) is 3. The van der Waals surface area contributed by atoms with Gasteiger partial charge in [0.05, 0.1) is 0 Å². The first-order valence-electron chi connectivity index (χ1n) is 10.8. The second-order valence-corrected chi connectivity index (χ2v) is 8.42. The van der Waals surface area contributed by atoms with E-state index < -0.39 is 5.91 Å². The van der Waals surface area contributed by atoms with Crippen LogP contribution in [0.5, 0.6) is 5.75 Å². The fourth-order valence-corrected chi connectivity index (χ4v) is 3.90.